The molecule has 0 aromatic heterocycles. The molecule has 0 N–H and O–H groups in total. The summed E-state index contributed by atoms with van der Waals surface area (Å²) in [5.74, 6) is -0.586. The summed E-state index contributed by atoms with van der Waals surface area (Å²) in [6.07, 6.45) is 1.22. The van der Waals surface area contributed by atoms with Gasteiger partial charge >= 0.3 is 0 Å². The van der Waals surface area contributed by atoms with E-state index in [-0.39, 0.29) is 11.1 Å². The highest BCUT2D eigenvalue weighted by Crippen LogP contribution is 2.41. The van der Waals surface area contributed by atoms with Crippen LogP contribution in [0.3, 0.4) is 0 Å². The molecule has 0 spiro atoms. The summed E-state index contributed by atoms with van der Waals surface area (Å²) in [5, 5.41) is 0.732. The zero-order valence-electron chi connectivity index (χ0n) is 22.8. The van der Waals surface area contributed by atoms with Crippen LogP contribution in [0.5, 0.6) is 11.5 Å². The van der Waals surface area contributed by atoms with Crippen LogP contribution in [0.1, 0.15) is 80.6 Å². The summed E-state index contributed by atoms with van der Waals surface area (Å²) in [5.41, 5.74) is 2.08. The summed E-state index contributed by atoms with van der Waals surface area (Å²) < 4.78 is 5.89. The minimum Gasteiger partial charge on any atom is -0.457 e. The van der Waals surface area contributed by atoms with Gasteiger partial charge in [-0.1, -0.05) is 31.5 Å². The van der Waals surface area contributed by atoms with E-state index in [1.54, 1.807) is 48.5 Å². The molecule has 0 saturated heterocycles. The van der Waals surface area contributed by atoms with Gasteiger partial charge in [-0.05, 0) is 87.4 Å². The molecule has 7 nitrogen and oxygen atoms in total. The van der Waals surface area contributed by atoms with Gasteiger partial charge in [-0.25, -0.2) is 4.90 Å². The fourth-order valence-corrected chi connectivity index (χ4v) is 5.57. The highest BCUT2D eigenvalue weighted by molar-refractivity contribution is 6.39. The maximum atomic E-state index is 13.7. The molecule has 0 aliphatic carbocycles. The predicted octanol–water partition coefficient (Wildman–Crippen LogP) is 6.92. The van der Waals surface area contributed by atoms with Gasteiger partial charge in [-0.3, -0.25) is 24.1 Å². The maximum absolute atomic E-state index is 13.7. The minimum atomic E-state index is -0.648. The third kappa shape index (κ3) is 3.65. The summed E-state index contributed by atoms with van der Waals surface area (Å²) >= 11 is 0. The van der Waals surface area contributed by atoms with Crippen molar-refractivity contribution >= 4 is 40.1 Å². The Kier molecular flexibility index (Phi) is 5.84. The largest absolute Gasteiger partial charge is 0.457 e. The van der Waals surface area contributed by atoms with Crippen LogP contribution >= 0.6 is 0 Å². The maximum Gasteiger partial charge on any atom is 0.265 e. The molecule has 2 aliphatic heterocycles. The monoisotopic (exact) mass is 532 g/mol. The first-order valence-corrected chi connectivity index (χ1v) is 13.4. The number of carbonyl (C=O) groups is 4. The second-order valence-corrected chi connectivity index (χ2v) is 10.6. The fourth-order valence-electron chi connectivity index (χ4n) is 5.57. The zero-order valence-corrected chi connectivity index (χ0v) is 22.8. The van der Waals surface area contributed by atoms with E-state index in [1.807, 2.05) is 52.0 Å². The molecule has 4 aromatic carbocycles. The molecular formula is C33H28N2O5. The van der Waals surface area contributed by atoms with E-state index in [4.69, 9.17) is 4.74 Å². The van der Waals surface area contributed by atoms with Gasteiger partial charge in [0.05, 0.1) is 5.69 Å². The van der Waals surface area contributed by atoms with E-state index in [0.717, 1.165) is 10.5 Å². The van der Waals surface area contributed by atoms with Gasteiger partial charge in [0, 0.05) is 38.6 Å². The smallest absolute Gasteiger partial charge is 0.265 e. The van der Waals surface area contributed by atoms with E-state index < -0.39 is 29.2 Å². The standard InChI is InChI=1S/C33H28N2O5/c1-5-33(4,6-2)35-31(38)25-17-15-23-27-24(16-18-26(28(25)27)32(35)39)30(37)34(29(23)36)20-9-13-22(14-10-20)40-21-11-7-19(3)8-12-21/h7-18H,5-6H2,1-4H3. The van der Waals surface area contributed by atoms with Crippen LogP contribution in [0, 0.1) is 6.92 Å². The van der Waals surface area contributed by atoms with E-state index in [0.29, 0.717) is 51.9 Å². The highest BCUT2D eigenvalue weighted by atomic mass is 16.5. The van der Waals surface area contributed by atoms with Crippen LogP contribution < -0.4 is 9.64 Å². The lowest BCUT2D eigenvalue weighted by atomic mass is 9.83. The molecule has 4 aromatic rings. The molecule has 0 bridgehead atoms. The molecule has 200 valence electrons. The Morgan fingerprint density at radius 2 is 1.00 bits per heavy atom. The van der Waals surface area contributed by atoms with E-state index in [9.17, 15) is 19.2 Å². The van der Waals surface area contributed by atoms with Crippen molar-refractivity contribution < 1.29 is 23.9 Å². The van der Waals surface area contributed by atoms with Crippen LogP contribution in [0.15, 0.2) is 72.8 Å². The van der Waals surface area contributed by atoms with Crippen molar-refractivity contribution in [2.24, 2.45) is 0 Å². The Balaban J connectivity index is 1.39. The molecule has 2 heterocycles. The van der Waals surface area contributed by atoms with Gasteiger partial charge in [-0.15, -0.1) is 0 Å². The lowest BCUT2D eigenvalue weighted by Gasteiger charge is -2.41. The van der Waals surface area contributed by atoms with Gasteiger partial charge in [0.1, 0.15) is 11.5 Å². The highest BCUT2D eigenvalue weighted by Gasteiger charge is 2.45. The molecule has 4 amide bonds. The van der Waals surface area contributed by atoms with Crippen LogP contribution in [-0.2, 0) is 0 Å². The van der Waals surface area contributed by atoms with Crippen LogP contribution in [0.2, 0.25) is 0 Å². The number of aryl methyl sites for hydroxylation is 1. The number of imide groups is 2. The van der Waals surface area contributed by atoms with Gasteiger partial charge in [0.2, 0.25) is 0 Å². The van der Waals surface area contributed by atoms with Crippen LogP contribution in [0.4, 0.5) is 5.69 Å². The van der Waals surface area contributed by atoms with Crippen molar-refractivity contribution in [2.75, 3.05) is 4.90 Å². The molecular weight excluding hydrogens is 504 g/mol. The fraction of sp³-hybridized carbons (Fsp3) is 0.212. The van der Waals surface area contributed by atoms with Gasteiger partial charge in [-0.2, -0.15) is 0 Å². The average Bonchev–Trinajstić information content (AvgIpc) is 2.96. The molecule has 0 radical (unpaired) electrons. The van der Waals surface area contributed by atoms with Crippen molar-refractivity contribution in [2.45, 2.75) is 46.1 Å². The topological polar surface area (TPSA) is 84.0 Å². The molecule has 0 unspecified atom stereocenters. The van der Waals surface area contributed by atoms with E-state index in [1.165, 1.54) is 4.90 Å². The summed E-state index contributed by atoms with van der Waals surface area (Å²) in [4.78, 5) is 57.2. The first-order chi connectivity index (χ1) is 19.2. The van der Waals surface area contributed by atoms with Crippen LogP contribution in [0.25, 0.3) is 10.8 Å². The summed E-state index contributed by atoms with van der Waals surface area (Å²) in [6.45, 7) is 7.80. The number of rotatable bonds is 6. The van der Waals surface area contributed by atoms with Gasteiger partial charge in [0.15, 0.2) is 0 Å². The van der Waals surface area contributed by atoms with Crippen molar-refractivity contribution in [3.63, 3.8) is 0 Å². The number of nitrogens with zero attached hydrogens (tertiary/aromatic N) is 2. The van der Waals surface area contributed by atoms with E-state index >= 15 is 0 Å². The third-order valence-corrected chi connectivity index (χ3v) is 8.31. The number of ether oxygens (including phenoxy) is 1. The molecule has 0 fully saturated rings. The second-order valence-electron chi connectivity index (χ2n) is 10.6. The minimum absolute atomic E-state index is 0.276. The number of hydrogen-bond donors (Lipinski definition) is 0. The normalized spacial score (nSPS) is 14.8. The summed E-state index contributed by atoms with van der Waals surface area (Å²) in [7, 11) is 0. The Morgan fingerprint density at radius 3 is 1.43 bits per heavy atom. The number of carbonyl (C=O) groups excluding carboxylic acids is 4. The zero-order chi connectivity index (χ0) is 28.3. The molecule has 2 aliphatic rings. The molecule has 0 atom stereocenters. The quantitative estimate of drug-likeness (QED) is 0.252. The SMILES string of the molecule is CCC(C)(CC)N1C(=O)c2ccc3c4c(ccc(c24)C1=O)C(=O)N(c1ccc(Oc2ccc(C)cc2)cc1)C3=O. The van der Waals surface area contributed by atoms with Crippen LogP contribution in [-0.4, -0.2) is 34.1 Å². The van der Waals surface area contributed by atoms with Crippen molar-refractivity contribution in [3.05, 3.63) is 101 Å². The average molecular weight is 533 g/mol. The molecule has 7 heteroatoms. The molecule has 40 heavy (non-hydrogen) atoms. The third-order valence-electron chi connectivity index (χ3n) is 8.31. The predicted molar refractivity (Wildman–Crippen MR) is 152 cm³/mol. The lowest BCUT2D eigenvalue weighted by Crippen LogP contribution is -2.54. The number of hydrogen-bond acceptors (Lipinski definition) is 5. The first kappa shape index (κ1) is 25.5. The van der Waals surface area contributed by atoms with Crippen molar-refractivity contribution in [1.82, 2.24) is 4.90 Å². The Bertz CT molecular complexity index is 1660. The van der Waals surface area contributed by atoms with Gasteiger partial charge < -0.3 is 4.74 Å². The first-order valence-electron chi connectivity index (χ1n) is 13.4. The molecule has 6 rings (SSSR count). The van der Waals surface area contributed by atoms with Crippen molar-refractivity contribution in [1.29, 1.82) is 0 Å². The Hall–Kier alpha value is -4.78. The second kappa shape index (κ2) is 9.16. The Labute approximate surface area is 232 Å². The van der Waals surface area contributed by atoms with E-state index in [2.05, 4.69) is 0 Å². The number of benzene rings is 4. The summed E-state index contributed by atoms with van der Waals surface area (Å²) in [6, 6.07) is 20.7. The lowest BCUT2D eigenvalue weighted by molar-refractivity contribution is 0.0386. The van der Waals surface area contributed by atoms with Crippen molar-refractivity contribution in [3.8, 4) is 11.5 Å². The van der Waals surface area contributed by atoms with Gasteiger partial charge in [0.25, 0.3) is 23.6 Å². The number of amides is 4. The Morgan fingerprint density at radius 1 is 0.600 bits per heavy atom. The number of anilines is 1. The molecule has 0 saturated carbocycles.